The van der Waals surface area contributed by atoms with Crippen LogP contribution in [0.15, 0.2) is 42.6 Å². The van der Waals surface area contributed by atoms with E-state index in [1.165, 1.54) is 12.1 Å². The lowest BCUT2D eigenvalue weighted by atomic mass is 10.2. The quantitative estimate of drug-likeness (QED) is 0.751. The summed E-state index contributed by atoms with van der Waals surface area (Å²) < 4.78 is 30.2. The fourth-order valence-electron chi connectivity index (χ4n) is 2.31. The number of methoxy groups -OCH3 is 2. The lowest BCUT2D eigenvalue weighted by Gasteiger charge is -2.11. The molecule has 0 aliphatic rings. The Morgan fingerprint density at radius 1 is 0.913 bits per heavy atom. The van der Waals surface area contributed by atoms with Crippen molar-refractivity contribution in [2.45, 2.75) is 0 Å². The zero-order chi connectivity index (χ0) is 16.4. The Hall–Kier alpha value is -3.02. The van der Waals surface area contributed by atoms with E-state index < -0.39 is 5.82 Å². The van der Waals surface area contributed by atoms with Crippen LogP contribution in [0.4, 0.5) is 10.1 Å². The second kappa shape index (κ2) is 6.00. The number of hydrogen-bond donors (Lipinski definition) is 1. The molecule has 5 nitrogen and oxygen atoms in total. The lowest BCUT2D eigenvalue weighted by molar-refractivity contribution is -0.344. The number of fused-ring (bicyclic) bond motifs is 1. The van der Waals surface area contributed by atoms with Crippen LogP contribution in [0.3, 0.4) is 0 Å². The molecule has 0 amide bonds. The van der Waals surface area contributed by atoms with Crippen molar-refractivity contribution in [3.8, 4) is 23.0 Å². The molecule has 0 aliphatic heterocycles. The fourth-order valence-corrected chi connectivity index (χ4v) is 2.31. The van der Waals surface area contributed by atoms with Crippen molar-refractivity contribution >= 4 is 16.6 Å². The highest BCUT2D eigenvalue weighted by atomic mass is 19.1. The minimum Gasteiger partial charge on any atom is -0.493 e. The maximum absolute atomic E-state index is 13.9. The van der Waals surface area contributed by atoms with Gasteiger partial charge in [0, 0.05) is 23.9 Å². The van der Waals surface area contributed by atoms with E-state index in [1.807, 2.05) is 0 Å². The Labute approximate surface area is 132 Å². The average molecular weight is 315 g/mol. The summed E-state index contributed by atoms with van der Waals surface area (Å²) in [4.78, 5) is 3.10. The number of nitrogens with one attached hydrogen (secondary N) is 1. The van der Waals surface area contributed by atoms with Gasteiger partial charge < -0.3 is 19.9 Å². The maximum atomic E-state index is 13.9. The molecule has 3 rings (SSSR count). The van der Waals surface area contributed by atoms with Crippen LogP contribution in [0.5, 0.6) is 23.0 Å². The molecule has 0 saturated carbocycles. The number of anilines is 1. The van der Waals surface area contributed by atoms with Crippen LogP contribution in [0, 0.1) is 5.82 Å². The number of benzene rings is 2. The van der Waals surface area contributed by atoms with Crippen molar-refractivity contribution in [2.75, 3.05) is 20.0 Å². The lowest BCUT2D eigenvalue weighted by Crippen LogP contribution is -2.04. The maximum Gasteiger partial charge on any atom is 0.218 e. The Bertz CT molecular complexity index is 868. The zero-order valence-electron chi connectivity index (χ0n) is 12.7. The number of rotatable bonds is 4. The molecule has 23 heavy (non-hydrogen) atoms. The molecule has 0 fully saturated rings. The Morgan fingerprint density at radius 2 is 1.65 bits per heavy atom. The van der Waals surface area contributed by atoms with E-state index in [1.54, 1.807) is 44.7 Å². The number of hydrogen-bond acceptors (Lipinski definition) is 4. The monoisotopic (exact) mass is 315 g/mol. The number of aromatic nitrogens is 1. The van der Waals surface area contributed by atoms with Gasteiger partial charge in [0.25, 0.3) is 0 Å². The third-order valence-electron chi connectivity index (χ3n) is 3.44. The molecule has 0 aliphatic carbocycles. The van der Waals surface area contributed by atoms with Crippen LogP contribution >= 0.6 is 0 Å². The molecule has 1 heterocycles. The van der Waals surface area contributed by atoms with Gasteiger partial charge in [-0.15, -0.1) is 0 Å². The molecule has 118 valence electrons. The van der Waals surface area contributed by atoms with Gasteiger partial charge in [-0.25, -0.2) is 9.37 Å². The number of H-pyrrole nitrogens is 1. The standard InChI is InChI=1S/C17H15FN2O3/c1-21-16-8-11-13(9-17(16)22-2)20-6-5-14(11)23-15-4-3-10(19)7-12(15)18/h3-9H,19H2,1-2H3/p+1. The van der Waals surface area contributed by atoms with Crippen LogP contribution in [0.25, 0.3) is 10.9 Å². The largest absolute Gasteiger partial charge is 0.493 e. The first kappa shape index (κ1) is 14.9. The van der Waals surface area contributed by atoms with Crippen LogP contribution in [0.1, 0.15) is 0 Å². The molecule has 0 spiro atoms. The number of halogens is 1. The summed E-state index contributed by atoms with van der Waals surface area (Å²) in [7, 11) is 3.12. The highest BCUT2D eigenvalue weighted by Gasteiger charge is 2.15. The molecule has 0 saturated heterocycles. The van der Waals surface area contributed by atoms with Gasteiger partial charge in [-0.1, -0.05) is 0 Å². The first-order chi connectivity index (χ1) is 11.1. The van der Waals surface area contributed by atoms with Crippen molar-refractivity contribution in [2.24, 2.45) is 0 Å². The Kier molecular flexibility index (Phi) is 3.89. The minimum absolute atomic E-state index is 0.0986. The zero-order valence-corrected chi connectivity index (χ0v) is 12.7. The molecule has 0 unspecified atom stereocenters. The molecule has 0 radical (unpaired) electrons. The van der Waals surface area contributed by atoms with Gasteiger partial charge in [-0.2, -0.15) is 0 Å². The molecule has 2 aromatic carbocycles. The van der Waals surface area contributed by atoms with Crippen molar-refractivity contribution in [3.05, 3.63) is 48.4 Å². The number of pyridine rings is 1. The van der Waals surface area contributed by atoms with Crippen molar-refractivity contribution in [3.63, 3.8) is 0 Å². The summed E-state index contributed by atoms with van der Waals surface area (Å²) in [6.07, 6.45) is 1.71. The fraction of sp³-hybridized carbons (Fsp3) is 0.118. The predicted octanol–water partition coefficient (Wildman–Crippen LogP) is 3.18. The van der Waals surface area contributed by atoms with E-state index in [4.69, 9.17) is 19.9 Å². The molecular weight excluding hydrogens is 299 g/mol. The molecule has 6 heteroatoms. The van der Waals surface area contributed by atoms with Crippen LogP contribution in [-0.2, 0) is 0 Å². The highest BCUT2D eigenvalue weighted by Crippen LogP contribution is 2.36. The number of nitrogens with two attached hydrogens (primary N) is 1. The predicted molar refractivity (Wildman–Crippen MR) is 84.5 cm³/mol. The van der Waals surface area contributed by atoms with Crippen molar-refractivity contribution < 1.29 is 23.6 Å². The van der Waals surface area contributed by atoms with Gasteiger partial charge in [0.2, 0.25) is 5.52 Å². The van der Waals surface area contributed by atoms with Gasteiger partial charge in [-0.3, -0.25) is 0 Å². The summed E-state index contributed by atoms with van der Waals surface area (Å²) in [5.74, 6) is 1.21. The van der Waals surface area contributed by atoms with E-state index in [-0.39, 0.29) is 5.75 Å². The molecule has 0 bridgehead atoms. The van der Waals surface area contributed by atoms with Crippen LogP contribution in [-0.4, -0.2) is 14.2 Å². The van der Waals surface area contributed by atoms with E-state index in [0.717, 1.165) is 10.9 Å². The number of nitrogen functional groups attached to an aromatic ring is 1. The second-order valence-electron chi connectivity index (χ2n) is 4.89. The summed E-state index contributed by atoms with van der Waals surface area (Å²) in [6.45, 7) is 0. The third kappa shape index (κ3) is 2.83. The van der Waals surface area contributed by atoms with Crippen molar-refractivity contribution in [1.82, 2.24) is 0 Å². The van der Waals surface area contributed by atoms with Gasteiger partial charge in [0.05, 0.1) is 25.7 Å². The van der Waals surface area contributed by atoms with E-state index in [0.29, 0.717) is 22.9 Å². The normalized spacial score (nSPS) is 10.6. The van der Waals surface area contributed by atoms with E-state index in [2.05, 4.69) is 4.98 Å². The Morgan fingerprint density at radius 3 is 2.35 bits per heavy atom. The summed E-state index contributed by atoms with van der Waals surface area (Å²) >= 11 is 0. The summed E-state index contributed by atoms with van der Waals surface area (Å²) in [5, 5.41) is 0.737. The molecular formula is C17H16FN2O3+. The number of aromatic amines is 1. The first-order valence-electron chi connectivity index (χ1n) is 6.91. The molecule has 3 aromatic rings. The average Bonchev–Trinajstić information content (AvgIpc) is 2.56. The Balaban J connectivity index is 2.10. The van der Waals surface area contributed by atoms with Crippen LogP contribution < -0.4 is 24.9 Å². The molecule has 0 atom stereocenters. The summed E-state index contributed by atoms with van der Waals surface area (Å²) in [5.41, 5.74) is 6.66. The van der Waals surface area contributed by atoms with Crippen LogP contribution in [0.2, 0.25) is 0 Å². The SMILES string of the molecule is COc1cc2[nH+]ccc(Oc3ccc(N)cc3F)c2cc1OC. The van der Waals surface area contributed by atoms with Gasteiger partial charge >= 0.3 is 0 Å². The van der Waals surface area contributed by atoms with Gasteiger partial charge in [-0.05, 0) is 12.1 Å². The van der Waals surface area contributed by atoms with E-state index in [9.17, 15) is 4.39 Å². The summed E-state index contributed by atoms with van der Waals surface area (Å²) in [6, 6.07) is 9.57. The third-order valence-corrected chi connectivity index (χ3v) is 3.44. The number of ether oxygens (including phenoxy) is 3. The second-order valence-corrected chi connectivity index (χ2v) is 4.89. The first-order valence-corrected chi connectivity index (χ1v) is 6.91. The van der Waals surface area contributed by atoms with E-state index >= 15 is 0 Å². The topological polar surface area (TPSA) is 67.9 Å². The van der Waals surface area contributed by atoms with Gasteiger partial charge in [0.1, 0.15) is 5.75 Å². The molecule has 1 aromatic heterocycles. The smallest absolute Gasteiger partial charge is 0.218 e. The van der Waals surface area contributed by atoms with Crippen molar-refractivity contribution in [1.29, 1.82) is 0 Å². The molecule has 3 N–H and O–H groups in total. The minimum atomic E-state index is -0.522. The van der Waals surface area contributed by atoms with Gasteiger partial charge in [0.15, 0.2) is 29.3 Å². The highest BCUT2D eigenvalue weighted by molar-refractivity contribution is 5.86.